The van der Waals surface area contributed by atoms with Crippen LogP contribution in [0.25, 0.3) is 0 Å². The summed E-state index contributed by atoms with van der Waals surface area (Å²) in [5, 5.41) is 0. The second kappa shape index (κ2) is 8.42. The van der Waals surface area contributed by atoms with Gasteiger partial charge < -0.3 is 9.64 Å². The molecule has 2 aromatic carbocycles. The summed E-state index contributed by atoms with van der Waals surface area (Å²) in [6, 6.07) is 12.7. The Balaban J connectivity index is 1.65. The van der Waals surface area contributed by atoms with Crippen LogP contribution in [0.5, 0.6) is 0 Å². The maximum atomic E-state index is 12.7. The van der Waals surface area contributed by atoms with E-state index in [4.69, 9.17) is 0 Å². The summed E-state index contributed by atoms with van der Waals surface area (Å²) in [7, 11) is -2.29. The van der Waals surface area contributed by atoms with E-state index in [1.165, 1.54) is 23.5 Å². The molecule has 0 atom stereocenters. The van der Waals surface area contributed by atoms with Crippen LogP contribution in [0.1, 0.15) is 20.7 Å². The van der Waals surface area contributed by atoms with Crippen molar-refractivity contribution >= 4 is 37.8 Å². The maximum Gasteiger partial charge on any atom is 0.337 e. The van der Waals surface area contributed by atoms with Gasteiger partial charge in [-0.1, -0.05) is 15.9 Å². The molecule has 0 radical (unpaired) electrons. The standard InChI is InChI=1S/C19H19BrN2O5S/c1-27-19(24)15-4-2-14(3-5-15)18(23)21-10-12-22(13-11-21)28(25,26)17-8-6-16(20)7-9-17/h2-9H,10-13H2,1H3. The molecule has 3 rings (SSSR count). The molecule has 28 heavy (non-hydrogen) atoms. The number of rotatable bonds is 4. The van der Waals surface area contributed by atoms with Gasteiger partial charge in [0.15, 0.2) is 0 Å². The van der Waals surface area contributed by atoms with Crippen molar-refractivity contribution in [3.05, 3.63) is 64.1 Å². The summed E-state index contributed by atoms with van der Waals surface area (Å²) in [6.45, 7) is 1.05. The third-order valence-electron chi connectivity index (χ3n) is 4.53. The number of benzene rings is 2. The molecule has 0 N–H and O–H groups in total. The van der Waals surface area contributed by atoms with Crippen LogP contribution >= 0.6 is 15.9 Å². The third-order valence-corrected chi connectivity index (χ3v) is 6.97. The molecule has 0 aliphatic carbocycles. The molecule has 9 heteroatoms. The van der Waals surface area contributed by atoms with Gasteiger partial charge in [-0.05, 0) is 48.5 Å². The normalized spacial score (nSPS) is 15.3. The first-order valence-electron chi connectivity index (χ1n) is 8.56. The molecular formula is C19H19BrN2O5S. The highest BCUT2D eigenvalue weighted by atomic mass is 79.9. The van der Waals surface area contributed by atoms with Crippen molar-refractivity contribution in [2.45, 2.75) is 4.90 Å². The molecule has 148 valence electrons. The van der Waals surface area contributed by atoms with E-state index in [1.54, 1.807) is 41.3 Å². The lowest BCUT2D eigenvalue weighted by Gasteiger charge is -2.34. The number of hydrogen-bond donors (Lipinski definition) is 0. The van der Waals surface area contributed by atoms with Gasteiger partial charge in [-0.3, -0.25) is 4.79 Å². The molecule has 0 spiro atoms. The average molecular weight is 467 g/mol. The molecule has 0 bridgehead atoms. The van der Waals surface area contributed by atoms with Crippen molar-refractivity contribution in [2.24, 2.45) is 0 Å². The van der Waals surface area contributed by atoms with Gasteiger partial charge in [-0.15, -0.1) is 0 Å². The van der Waals surface area contributed by atoms with Crippen LogP contribution in [0.15, 0.2) is 57.9 Å². The Morgan fingerprint density at radius 1 is 0.893 bits per heavy atom. The first kappa shape index (κ1) is 20.5. The number of carbonyl (C=O) groups excluding carboxylic acids is 2. The number of esters is 1. The molecule has 1 heterocycles. The molecule has 0 unspecified atom stereocenters. The van der Waals surface area contributed by atoms with Gasteiger partial charge in [0.25, 0.3) is 5.91 Å². The maximum absolute atomic E-state index is 12.7. The number of carbonyl (C=O) groups is 2. The molecule has 0 saturated carbocycles. The van der Waals surface area contributed by atoms with Gasteiger partial charge in [0.2, 0.25) is 10.0 Å². The molecule has 2 aromatic rings. The molecule has 1 saturated heterocycles. The fourth-order valence-electron chi connectivity index (χ4n) is 2.94. The van der Waals surface area contributed by atoms with E-state index in [0.29, 0.717) is 24.2 Å². The summed E-state index contributed by atoms with van der Waals surface area (Å²) in [5.74, 6) is -0.664. The molecule has 1 fully saturated rings. The average Bonchev–Trinajstić information content (AvgIpc) is 2.73. The van der Waals surface area contributed by atoms with Gasteiger partial charge in [0.05, 0.1) is 17.6 Å². The van der Waals surface area contributed by atoms with Gasteiger partial charge >= 0.3 is 5.97 Å². The smallest absolute Gasteiger partial charge is 0.337 e. The number of halogens is 1. The van der Waals surface area contributed by atoms with E-state index in [9.17, 15) is 18.0 Å². The van der Waals surface area contributed by atoms with Gasteiger partial charge in [-0.25, -0.2) is 13.2 Å². The fraction of sp³-hybridized carbons (Fsp3) is 0.263. The fourth-order valence-corrected chi connectivity index (χ4v) is 4.62. The van der Waals surface area contributed by atoms with Crippen LogP contribution in [0.2, 0.25) is 0 Å². The number of methoxy groups -OCH3 is 1. The Bertz CT molecular complexity index is 966. The first-order chi connectivity index (χ1) is 13.3. The lowest BCUT2D eigenvalue weighted by Crippen LogP contribution is -2.50. The van der Waals surface area contributed by atoms with E-state index in [-0.39, 0.29) is 23.9 Å². The van der Waals surface area contributed by atoms with Crippen molar-refractivity contribution in [1.29, 1.82) is 0 Å². The van der Waals surface area contributed by atoms with Gasteiger partial charge in [0, 0.05) is 36.2 Å². The second-order valence-corrected chi connectivity index (χ2v) is 9.07. The van der Waals surface area contributed by atoms with Crippen LogP contribution in [0, 0.1) is 0 Å². The van der Waals surface area contributed by atoms with Crippen molar-refractivity contribution in [2.75, 3.05) is 33.3 Å². The summed E-state index contributed by atoms with van der Waals surface area (Å²) < 4.78 is 32.3. The summed E-state index contributed by atoms with van der Waals surface area (Å²) in [6.07, 6.45) is 0. The zero-order valence-corrected chi connectivity index (χ0v) is 17.6. The number of amides is 1. The zero-order chi connectivity index (χ0) is 20.3. The Kier molecular flexibility index (Phi) is 6.17. The first-order valence-corrected chi connectivity index (χ1v) is 10.8. The van der Waals surface area contributed by atoms with E-state index in [0.717, 1.165) is 4.47 Å². The number of hydrogen-bond acceptors (Lipinski definition) is 5. The Hall–Kier alpha value is -2.23. The molecule has 1 aliphatic heterocycles. The number of piperazine rings is 1. The second-order valence-electron chi connectivity index (χ2n) is 6.22. The number of sulfonamides is 1. The van der Waals surface area contributed by atoms with Crippen LogP contribution < -0.4 is 0 Å². The zero-order valence-electron chi connectivity index (χ0n) is 15.2. The molecule has 0 aromatic heterocycles. The van der Waals surface area contributed by atoms with E-state index in [2.05, 4.69) is 20.7 Å². The Morgan fingerprint density at radius 3 is 1.96 bits per heavy atom. The van der Waals surface area contributed by atoms with Crippen molar-refractivity contribution < 1.29 is 22.7 Å². The van der Waals surface area contributed by atoms with Crippen molar-refractivity contribution in [1.82, 2.24) is 9.21 Å². The van der Waals surface area contributed by atoms with Gasteiger partial charge in [-0.2, -0.15) is 4.31 Å². The highest BCUT2D eigenvalue weighted by molar-refractivity contribution is 9.10. The SMILES string of the molecule is COC(=O)c1ccc(C(=O)N2CCN(S(=O)(=O)c3ccc(Br)cc3)CC2)cc1. The largest absolute Gasteiger partial charge is 0.465 e. The van der Waals surface area contributed by atoms with Gasteiger partial charge in [0.1, 0.15) is 0 Å². The van der Waals surface area contributed by atoms with Crippen LogP contribution in [-0.4, -0.2) is 62.8 Å². The van der Waals surface area contributed by atoms with E-state index >= 15 is 0 Å². The van der Waals surface area contributed by atoms with Crippen LogP contribution in [0.3, 0.4) is 0 Å². The molecule has 7 nitrogen and oxygen atoms in total. The van der Waals surface area contributed by atoms with Crippen LogP contribution in [0.4, 0.5) is 0 Å². The highest BCUT2D eigenvalue weighted by Gasteiger charge is 2.30. The van der Waals surface area contributed by atoms with E-state index < -0.39 is 16.0 Å². The highest BCUT2D eigenvalue weighted by Crippen LogP contribution is 2.20. The lowest BCUT2D eigenvalue weighted by atomic mass is 10.1. The van der Waals surface area contributed by atoms with E-state index in [1.807, 2.05) is 0 Å². The summed E-state index contributed by atoms with van der Waals surface area (Å²) >= 11 is 3.29. The van der Waals surface area contributed by atoms with Crippen molar-refractivity contribution in [3.63, 3.8) is 0 Å². The number of ether oxygens (including phenoxy) is 1. The predicted molar refractivity (Wildman–Crippen MR) is 107 cm³/mol. The lowest BCUT2D eigenvalue weighted by molar-refractivity contribution is 0.0599. The summed E-state index contributed by atoms with van der Waals surface area (Å²) in [5.41, 5.74) is 0.807. The Labute approximate surface area is 172 Å². The Morgan fingerprint density at radius 2 is 1.43 bits per heavy atom. The van der Waals surface area contributed by atoms with Crippen LogP contribution in [-0.2, 0) is 14.8 Å². The van der Waals surface area contributed by atoms with Crippen molar-refractivity contribution in [3.8, 4) is 0 Å². The number of nitrogens with zero attached hydrogens (tertiary/aromatic N) is 2. The molecule has 1 aliphatic rings. The summed E-state index contributed by atoms with van der Waals surface area (Å²) in [4.78, 5) is 26.0. The molecule has 1 amide bonds. The topological polar surface area (TPSA) is 84.0 Å². The minimum atomic E-state index is -3.59. The monoisotopic (exact) mass is 466 g/mol. The third kappa shape index (κ3) is 4.26. The minimum absolute atomic E-state index is 0.197. The minimum Gasteiger partial charge on any atom is -0.465 e. The predicted octanol–water partition coefficient (Wildman–Crippen LogP) is 2.38. The molecular weight excluding hydrogens is 448 g/mol. The quantitative estimate of drug-likeness (QED) is 0.645.